The van der Waals surface area contributed by atoms with Crippen molar-refractivity contribution < 1.29 is 0 Å². The van der Waals surface area contributed by atoms with Crippen LogP contribution in [0, 0.1) is 11.3 Å². The van der Waals surface area contributed by atoms with E-state index in [-0.39, 0.29) is 11.4 Å². The summed E-state index contributed by atoms with van der Waals surface area (Å²) < 4.78 is 1.82. The van der Waals surface area contributed by atoms with Gasteiger partial charge >= 0.3 is 0 Å². The molecule has 0 bridgehead atoms. The number of nitrogens with zero attached hydrogens (tertiary/aromatic N) is 7. The number of aromatic nitrogens is 3. The van der Waals surface area contributed by atoms with Crippen LogP contribution in [-0.4, -0.2) is 46.1 Å². The minimum absolute atomic E-state index is 0.172. The number of nitrogen functional groups attached to an aromatic ring is 1. The minimum atomic E-state index is 0.172. The van der Waals surface area contributed by atoms with Crippen LogP contribution in [-0.2, 0) is 0 Å². The minimum Gasteiger partial charge on any atom is -0.382 e. The lowest BCUT2D eigenvalue weighted by Crippen LogP contribution is -2.43. The molecule has 0 spiro atoms. The fourth-order valence-corrected chi connectivity index (χ4v) is 3.55. The number of fused-ring (bicyclic) bond motifs is 1. The van der Waals surface area contributed by atoms with Crippen LogP contribution >= 0.6 is 11.8 Å². The Morgan fingerprint density at radius 1 is 1.15 bits per heavy atom. The van der Waals surface area contributed by atoms with E-state index in [9.17, 15) is 5.26 Å². The smallest absolute Gasteiger partial charge is 0.154 e. The Kier molecular flexibility index (Phi) is 8.11. The van der Waals surface area contributed by atoms with Gasteiger partial charge in [-0.3, -0.25) is 4.90 Å². The molecule has 0 saturated carbocycles. The van der Waals surface area contributed by atoms with Crippen LogP contribution in [0.5, 0.6) is 0 Å². The monoisotopic (exact) mass is 460 g/mol. The molecular formula is C24H28N8S. The van der Waals surface area contributed by atoms with Crippen molar-refractivity contribution in [2.24, 2.45) is 5.10 Å². The molecule has 0 amide bonds. The van der Waals surface area contributed by atoms with Gasteiger partial charge in [-0.2, -0.15) is 22.1 Å². The number of nitrogens with two attached hydrogens (primary N) is 1. The third-order valence-electron chi connectivity index (χ3n) is 4.88. The van der Waals surface area contributed by atoms with E-state index < -0.39 is 0 Å². The molecule has 1 aromatic carbocycles. The van der Waals surface area contributed by atoms with E-state index in [2.05, 4.69) is 29.5 Å². The van der Waals surface area contributed by atoms with Gasteiger partial charge in [-0.05, 0) is 43.2 Å². The topological polar surface area (TPSA) is 99.4 Å². The van der Waals surface area contributed by atoms with Crippen molar-refractivity contribution in [3.63, 3.8) is 0 Å². The zero-order chi connectivity index (χ0) is 23.8. The van der Waals surface area contributed by atoms with Crippen LogP contribution in [0.3, 0.4) is 0 Å². The molecule has 1 aliphatic heterocycles. The van der Waals surface area contributed by atoms with E-state index >= 15 is 0 Å². The van der Waals surface area contributed by atoms with Gasteiger partial charge in [0, 0.05) is 18.4 Å². The Morgan fingerprint density at radius 3 is 2.55 bits per heavy atom. The summed E-state index contributed by atoms with van der Waals surface area (Å²) in [6.07, 6.45) is 8.23. The molecule has 1 aliphatic rings. The second-order valence-electron chi connectivity index (χ2n) is 7.27. The van der Waals surface area contributed by atoms with Gasteiger partial charge in [-0.25, -0.2) is 14.6 Å². The number of hydrogen-bond donors (Lipinski definition) is 1. The fourth-order valence-electron chi connectivity index (χ4n) is 3.55. The van der Waals surface area contributed by atoms with Gasteiger partial charge < -0.3 is 10.6 Å². The van der Waals surface area contributed by atoms with Crippen LogP contribution in [0.25, 0.3) is 5.70 Å². The third kappa shape index (κ3) is 5.18. The number of anilines is 3. The Morgan fingerprint density at radius 2 is 1.88 bits per heavy atom. The van der Waals surface area contributed by atoms with E-state index in [1.807, 2.05) is 75.6 Å². The molecule has 3 heterocycles. The van der Waals surface area contributed by atoms with Crippen molar-refractivity contribution in [1.82, 2.24) is 14.6 Å². The number of hydrogen-bond acceptors (Lipinski definition) is 8. The lowest BCUT2D eigenvalue weighted by molar-refractivity contribution is 0.785. The number of benzene rings is 1. The van der Waals surface area contributed by atoms with Crippen LogP contribution in [0.4, 0.5) is 17.3 Å². The van der Waals surface area contributed by atoms with Crippen LogP contribution in [0.1, 0.15) is 24.6 Å². The first-order chi connectivity index (χ1) is 16.0. The van der Waals surface area contributed by atoms with Crippen LogP contribution in [0.15, 0.2) is 66.7 Å². The molecule has 170 valence electrons. The predicted molar refractivity (Wildman–Crippen MR) is 138 cm³/mol. The predicted octanol–water partition coefficient (Wildman–Crippen LogP) is 4.28. The first kappa shape index (κ1) is 23.9. The maximum absolute atomic E-state index is 9.60. The average Bonchev–Trinajstić information content (AvgIpc) is 3.29. The van der Waals surface area contributed by atoms with Gasteiger partial charge in [0.1, 0.15) is 23.8 Å². The van der Waals surface area contributed by atoms with Crippen molar-refractivity contribution in [3.05, 3.63) is 72.8 Å². The highest BCUT2D eigenvalue weighted by molar-refractivity contribution is 7.97. The highest BCUT2D eigenvalue weighted by Gasteiger charge is 2.28. The first-order valence-electron chi connectivity index (χ1n) is 10.5. The summed E-state index contributed by atoms with van der Waals surface area (Å²) in [5, 5.41) is 14.4. The largest absolute Gasteiger partial charge is 0.382 e. The molecule has 0 unspecified atom stereocenters. The average molecular weight is 461 g/mol. The fraction of sp³-hybridized carbons (Fsp3) is 0.250. The van der Waals surface area contributed by atoms with Gasteiger partial charge in [-0.15, -0.1) is 0 Å². The van der Waals surface area contributed by atoms with E-state index in [4.69, 9.17) is 10.8 Å². The number of amidine groups is 1. The lowest BCUT2D eigenvalue weighted by atomic mass is 10.2. The molecule has 4 rings (SSSR count). The van der Waals surface area contributed by atoms with Crippen molar-refractivity contribution >= 4 is 40.6 Å². The van der Waals surface area contributed by atoms with Gasteiger partial charge in [0.15, 0.2) is 11.7 Å². The molecule has 33 heavy (non-hydrogen) atoms. The normalized spacial score (nSPS) is 12.2. The Hall–Kier alpha value is -3.77. The maximum Gasteiger partial charge on any atom is 0.154 e. The number of para-hydroxylation sites is 1. The molecule has 2 aromatic heterocycles. The highest BCUT2D eigenvalue weighted by Crippen LogP contribution is 2.30. The molecule has 0 radical (unpaired) electrons. The lowest BCUT2D eigenvalue weighted by Gasteiger charge is -2.35. The van der Waals surface area contributed by atoms with Crippen LogP contribution < -0.4 is 15.5 Å². The Bertz CT molecular complexity index is 1160. The molecule has 0 fully saturated rings. The summed E-state index contributed by atoms with van der Waals surface area (Å²) >= 11 is 1.75. The van der Waals surface area contributed by atoms with Gasteiger partial charge in [0.2, 0.25) is 0 Å². The Balaban J connectivity index is 0.000000968. The van der Waals surface area contributed by atoms with E-state index in [0.29, 0.717) is 18.9 Å². The highest BCUT2D eigenvalue weighted by atomic mass is 32.2. The van der Waals surface area contributed by atoms with E-state index in [1.54, 1.807) is 11.8 Å². The SMILES string of the molecule is C=C1c2cccn2N=C(CN(CCC)c2ncnc(N)c2C#N)N1c1ccccc1.CSC. The summed E-state index contributed by atoms with van der Waals surface area (Å²) in [5.74, 6) is 1.45. The van der Waals surface area contributed by atoms with Crippen LogP contribution in [0.2, 0.25) is 0 Å². The molecule has 0 aliphatic carbocycles. The number of thioether (sulfide) groups is 1. The van der Waals surface area contributed by atoms with Gasteiger partial charge in [-0.1, -0.05) is 31.7 Å². The summed E-state index contributed by atoms with van der Waals surface area (Å²) in [7, 11) is 0. The van der Waals surface area contributed by atoms with E-state index in [1.165, 1.54) is 6.33 Å². The quantitative estimate of drug-likeness (QED) is 0.586. The van der Waals surface area contributed by atoms with E-state index in [0.717, 1.165) is 29.3 Å². The molecular weight excluding hydrogens is 432 g/mol. The summed E-state index contributed by atoms with van der Waals surface area (Å²) in [6.45, 7) is 7.49. The summed E-state index contributed by atoms with van der Waals surface area (Å²) in [6, 6.07) is 16.0. The zero-order valence-electron chi connectivity index (χ0n) is 19.1. The van der Waals surface area contributed by atoms with Gasteiger partial charge in [0.05, 0.1) is 17.9 Å². The Labute approximate surface area is 199 Å². The molecule has 0 saturated heterocycles. The molecule has 3 aromatic rings. The molecule has 2 N–H and O–H groups in total. The third-order valence-corrected chi connectivity index (χ3v) is 4.88. The molecule has 8 nitrogen and oxygen atoms in total. The summed E-state index contributed by atoms with van der Waals surface area (Å²) in [4.78, 5) is 12.4. The molecule has 0 atom stereocenters. The standard InChI is InChI=1S/C22H22N8.C2H6S/c1-3-11-28(22-18(13-23)21(24)25-15-26-22)14-20-27-29-12-7-10-19(29)16(2)30(20)17-8-5-4-6-9-17;1-3-2/h4-10,12,15H,2-3,11,14H2,1H3,(H2,24,25,26);1-2H3. The maximum atomic E-state index is 9.60. The van der Waals surface area contributed by atoms with Crippen molar-refractivity contribution in [2.45, 2.75) is 13.3 Å². The second-order valence-corrected chi connectivity index (χ2v) is 8.09. The van der Waals surface area contributed by atoms with Crippen molar-refractivity contribution in [3.8, 4) is 6.07 Å². The van der Waals surface area contributed by atoms with Crippen molar-refractivity contribution in [1.29, 1.82) is 5.26 Å². The second kappa shape index (κ2) is 11.2. The zero-order valence-corrected chi connectivity index (χ0v) is 20.0. The van der Waals surface area contributed by atoms with Crippen molar-refractivity contribution in [2.75, 3.05) is 41.1 Å². The number of rotatable bonds is 6. The molecule has 9 heteroatoms. The first-order valence-corrected chi connectivity index (χ1v) is 12.1. The van der Waals surface area contributed by atoms with Gasteiger partial charge in [0.25, 0.3) is 0 Å². The number of nitriles is 1. The summed E-state index contributed by atoms with van der Waals surface area (Å²) in [5.41, 5.74) is 8.92.